The van der Waals surface area contributed by atoms with E-state index in [0.29, 0.717) is 17.2 Å². The normalized spacial score (nSPS) is 16.2. The monoisotopic (exact) mass is 400 g/mol. The third kappa shape index (κ3) is 3.86. The highest BCUT2D eigenvalue weighted by atomic mass is 35.5. The van der Waals surface area contributed by atoms with Gasteiger partial charge < -0.3 is 5.11 Å². The van der Waals surface area contributed by atoms with Crippen LogP contribution in [-0.2, 0) is 9.59 Å². The van der Waals surface area contributed by atoms with Crippen LogP contribution in [-0.4, -0.2) is 22.0 Å². The number of halogens is 1. The molecule has 138 valence electrons. The molecule has 2 amide bonds. The standard InChI is InChI=1S/C20H17ClN2O3S/c1-11(2)13-4-6-14(7-5-13)23-19(26)15(18(25)22-20(23)27)9-12-3-8-17(24)16(21)10-12/h3-11,24H,1-2H3,(H,22,25,27)/b15-9+. The zero-order valence-electron chi connectivity index (χ0n) is 14.7. The molecule has 1 aliphatic rings. The molecule has 0 bridgehead atoms. The number of phenolic OH excluding ortho intramolecular Hbond substituents is 1. The lowest BCUT2D eigenvalue weighted by molar-refractivity contribution is -0.122. The third-order valence-electron chi connectivity index (χ3n) is 4.20. The molecular weight excluding hydrogens is 384 g/mol. The minimum absolute atomic E-state index is 0.0307. The molecule has 2 aromatic rings. The fourth-order valence-corrected chi connectivity index (χ4v) is 3.15. The molecule has 2 N–H and O–H groups in total. The van der Waals surface area contributed by atoms with Crippen molar-refractivity contribution in [2.24, 2.45) is 0 Å². The number of amides is 2. The molecule has 0 spiro atoms. The fourth-order valence-electron chi connectivity index (χ4n) is 2.68. The van der Waals surface area contributed by atoms with Crippen molar-refractivity contribution in [1.82, 2.24) is 5.32 Å². The molecule has 0 radical (unpaired) electrons. The average molecular weight is 401 g/mol. The van der Waals surface area contributed by atoms with Gasteiger partial charge in [-0.3, -0.25) is 19.8 Å². The lowest BCUT2D eigenvalue weighted by atomic mass is 10.0. The van der Waals surface area contributed by atoms with Crippen LogP contribution in [0.25, 0.3) is 6.08 Å². The van der Waals surface area contributed by atoms with E-state index in [0.717, 1.165) is 5.56 Å². The van der Waals surface area contributed by atoms with E-state index in [1.165, 1.54) is 23.1 Å². The lowest BCUT2D eigenvalue weighted by Gasteiger charge is -2.29. The Morgan fingerprint density at radius 1 is 1.15 bits per heavy atom. The van der Waals surface area contributed by atoms with Crippen LogP contribution in [0.1, 0.15) is 30.9 Å². The number of carbonyl (C=O) groups is 2. The van der Waals surface area contributed by atoms with Crippen LogP contribution in [0.5, 0.6) is 5.75 Å². The van der Waals surface area contributed by atoms with Crippen molar-refractivity contribution in [3.63, 3.8) is 0 Å². The van der Waals surface area contributed by atoms with Crippen molar-refractivity contribution in [2.45, 2.75) is 19.8 Å². The van der Waals surface area contributed by atoms with Gasteiger partial charge in [0.15, 0.2) is 5.11 Å². The number of phenols is 1. The van der Waals surface area contributed by atoms with Gasteiger partial charge >= 0.3 is 0 Å². The second-order valence-corrected chi connectivity index (χ2v) is 7.21. The molecule has 7 heteroatoms. The summed E-state index contributed by atoms with van der Waals surface area (Å²) in [5.41, 5.74) is 2.15. The van der Waals surface area contributed by atoms with E-state index >= 15 is 0 Å². The van der Waals surface area contributed by atoms with Gasteiger partial charge in [-0.1, -0.05) is 43.6 Å². The van der Waals surface area contributed by atoms with Crippen molar-refractivity contribution in [1.29, 1.82) is 0 Å². The molecule has 1 saturated heterocycles. The summed E-state index contributed by atoms with van der Waals surface area (Å²) >= 11 is 11.1. The molecule has 0 atom stereocenters. The molecule has 3 rings (SSSR count). The average Bonchev–Trinajstić information content (AvgIpc) is 2.62. The summed E-state index contributed by atoms with van der Waals surface area (Å²) in [4.78, 5) is 26.5. The summed E-state index contributed by atoms with van der Waals surface area (Å²) in [6, 6.07) is 11.9. The Bertz CT molecular complexity index is 968. The van der Waals surface area contributed by atoms with Gasteiger partial charge in [-0.15, -0.1) is 0 Å². The number of thiocarbonyl (C=S) groups is 1. The number of nitrogens with one attached hydrogen (secondary N) is 1. The van der Waals surface area contributed by atoms with Crippen LogP contribution in [0.2, 0.25) is 5.02 Å². The van der Waals surface area contributed by atoms with Gasteiger partial charge in [-0.05, 0) is 59.6 Å². The zero-order valence-corrected chi connectivity index (χ0v) is 16.3. The maximum atomic E-state index is 12.9. The molecule has 2 aromatic carbocycles. The van der Waals surface area contributed by atoms with Crippen molar-refractivity contribution in [3.8, 4) is 5.75 Å². The quantitative estimate of drug-likeness (QED) is 0.464. The fraction of sp³-hybridized carbons (Fsp3) is 0.150. The Labute approximate surface area is 167 Å². The first-order valence-corrected chi connectivity index (χ1v) is 9.06. The lowest BCUT2D eigenvalue weighted by Crippen LogP contribution is -2.54. The summed E-state index contributed by atoms with van der Waals surface area (Å²) in [5, 5.41) is 12.2. The Morgan fingerprint density at radius 2 is 1.81 bits per heavy atom. The minimum atomic E-state index is -0.579. The van der Waals surface area contributed by atoms with Gasteiger partial charge in [0.25, 0.3) is 11.8 Å². The number of aromatic hydroxyl groups is 1. The number of hydrogen-bond acceptors (Lipinski definition) is 4. The van der Waals surface area contributed by atoms with Gasteiger partial charge in [0.2, 0.25) is 0 Å². The summed E-state index contributed by atoms with van der Waals surface area (Å²) in [6.07, 6.45) is 1.42. The molecule has 1 heterocycles. The van der Waals surface area contributed by atoms with E-state index in [1.54, 1.807) is 18.2 Å². The number of benzene rings is 2. The molecule has 1 fully saturated rings. The second-order valence-electron chi connectivity index (χ2n) is 6.41. The smallest absolute Gasteiger partial charge is 0.270 e. The number of rotatable bonds is 3. The van der Waals surface area contributed by atoms with Crippen LogP contribution in [0.3, 0.4) is 0 Å². The van der Waals surface area contributed by atoms with E-state index in [1.807, 2.05) is 12.1 Å². The van der Waals surface area contributed by atoms with Crippen molar-refractivity contribution >= 4 is 52.5 Å². The van der Waals surface area contributed by atoms with Crippen LogP contribution in [0.4, 0.5) is 5.69 Å². The Morgan fingerprint density at radius 3 is 2.41 bits per heavy atom. The Balaban J connectivity index is 1.98. The second kappa shape index (κ2) is 7.50. The van der Waals surface area contributed by atoms with Crippen LogP contribution in [0, 0.1) is 0 Å². The van der Waals surface area contributed by atoms with E-state index in [-0.39, 0.29) is 21.5 Å². The van der Waals surface area contributed by atoms with Crippen molar-refractivity contribution < 1.29 is 14.7 Å². The van der Waals surface area contributed by atoms with Gasteiger partial charge in [0.05, 0.1) is 10.7 Å². The molecule has 1 aliphatic heterocycles. The SMILES string of the molecule is CC(C)c1ccc(N2C(=O)/C(=C/c3ccc(O)c(Cl)c3)C(=O)NC2=S)cc1. The van der Waals surface area contributed by atoms with Gasteiger partial charge in [-0.25, -0.2) is 0 Å². The van der Waals surface area contributed by atoms with Gasteiger partial charge in [0.1, 0.15) is 11.3 Å². The largest absolute Gasteiger partial charge is 0.506 e. The maximum absolute atomic E-state index is 12.9. The predicted molar refractivity (Wildman–Crippen MR) is 110 cm³/mol. The number of hydrogen-bond donors (Lipinski definition) is 2. The third-order valence-corrected chi connectivity index (χ3v) is 4.79. The molecule has 0 saturated carbocycles. The van der Waals surface area contributed by atoms with Gasteiger partial charge in [-0.2, -0.15) is 0 Å². The Hall–Kier alpha value is -2.70. The molecular formula is C20H17ClN2O3S. The number of carbonyl (C=O) groups excluding carboxylic acids is 2. The summed E-state index contributed by atoms with van der Waals surface area (Å²) in [7, 11) is 0. The summed E-state index contributed by atoms with van der Waals surface area (Å²) in [5.74, 6) is -0.821. The highest BCUT2D eigenvalue weighted by Gasteiger charge is 2.34. The number of nitrogens with zero attached hydrogens (tertiary/aromatic N) is 1. The predicted octanol–water partition coefficient (Wildman–Crippen LogP) is 4.00. The first-order chi connectivity index (χ1) is 12.8. The van der Waals surface area contributed by atoms with Crippen LogP contribution < -0.4 is 10.2 Å². The first-order valence-electron chi connectivity index (χ1n) is 8.28. The van der Waals surface area contributed by atoms with Gasteiger partial charge in [0, 0.05) is 0 Å². The molecule has 5 nitrogen and oxygen atoms in total. The topological polar surface area (TPSA) is 69.6 Å². The zero-order chi connectivity index (χ0) is 19.7. The van der Waals surface area contributed by atoms with Crippen molar-refractivity contribution in [3.05, 3.63) is 64.2 Å². The van der Waals surface area contributed by atoms with E-state index < -0.39 is 11.8 Å². The molecule has 0 unspecified atom stereocenters. The molecule has 27 heavy (non-hydrogen) atoms. The minimum Gasteiger partial charge on any atom is -0.506 e. The highest BCUT2D eigenvalue weighted by Crippen LogP contribution is 2.27. The molecule has 0 aromatic heterocycles. The van der Waals surface area contributed by atoms with E-state index in [4.69, 9.17) is 23.8 Å². The van der Waals surface area contributed by atoms with E-state index in [2.05, 4.69) is 19.2 Å². The van der Waals surface area contributed by atoms with Crippen LogP contribution >= 0.6 is 23.8 Å². The Kier molecular flexibility index (Phi) is 5.30. The maximum Gasteiger partial charge on any atom is 0.270 e. The highest BCUT2D eigenvalue weighted by molar-refractivity contribution is 7.80. The van der Waals surface area contributed by atoms with Crippen LogP contribution in [0.15, 0.2) is 48.0 Å². The van der Waals surface area contributed by atoms with Crippen molar-refractivity contribution in [2.75, 3.05) is 4.90 Å². The molecule has 0 aliphatic carbocycles. The number of anilines is 1. The summed E-state index contributed by atoms with van der Waals surface area (Å²) in [6.45, 7) is 4.16. The first kappa shape index (κ1) is 19.1. The van der Waals surface area contributed by atoms with E-state index in [9.17, 15) is 14.7 Å². The summed E-state index contributed by atoms with van der Waals surface area (Å²) < 4.78 is 0.